The number of benzene rings is 3. The van der Waals surface area contributed by atoms with Crippen LogP contribution in [0.2, 0.25) is 20.1 Å². The molecule has 1 heterocycles. The van der Waals surface area contributed by atoms with Crippen molar-refractivity contribution in [2.45, 2.75) is 25.7 Å². The molecule has 0 N–H and O–H groups in total. The van der Waals surface area contributed by atoms with Gasteiger partial charge in [-0.3, -0.25) is 0 Å². The highest BCUT2D eigenvalue weighted by atomic mass is 35.5. The Kier molecular flexibility index (Phi) is 6.20. The molecule has 0 spiro atoms. The summed E-state index contributed by atoms with van der Waals surface area (Å²) in [4.78, 5) is 3.98. The third-order valence-corrected chi connectivity index (χ3v) is 7.78. The van der Waals surface area contributed by atoms with Gasteiger partial charge in [0.2, 0.25) is 0 Å². The van der Waals surface area contributed by atoms with Crippen molar-refractivity contribution in [3.05, 3.63) is 85.3 Å². The molecule has 0 saturated heterocycles. The van der Waals surface area contributed by atoms with Gasteiger partial charge in [0.15, 0.2) is 0 Å². The molecule has 5 rings (SSSR count). The molecule has 1 nitrogen and oxygen atoms in total. The standard InChI is InChI=1S/C25H19Cl4NS/c26-17-8-15(9-18(27)12-17)21-4-3-5-22(16-10-19(28)13-20(29)11-16)25(21)30-14-31-24-7-2-1-6-23(24)30/h3-5,8-13H,1-2,6-7,14H2. The fourth-order valence-corrected chi connectivity index (χ4v) is 6.73. The van der Waals surface area contributed by atoms with Crippen LogP contribution in [0.4, 0.5) is 5.69 Å². The highest BCUT2D eigenvalue weighted by molar-refractivity contribution is 8.03. The maximum Gasteiger partial charge on any atom is 0.0729 e. The molecule has 0 aromatic heterocycles. The van der Waals surface area contributed by atoms with E-state index in [1.165, 1.54) is 29.9 Å². The van der Waals surface area contributed by atoms with Gasteiger partial charge in [-0.25, -0.2) is 0 Å². The first kappa shape index (κ1) is 21.6. The molecule has 0 unspecified atom stereocenters. The predicted octanol–water partition coefficient (Wildman–Crippen LogP) is 9.93. The van der Waals surface area contributed by atoms with Crippen LogP contribution in [-0.4, -0.2) is 5.88 Å². The summed E-state index contributed by atoms with van der Waals surface area (Å²) >= 11 is 27.4. The second-order valence-corrected chi connectivity index (χ2v) is 10.6. The minimum absolute atomic E-state index is 0.623. The molecule has 6 heteroatoms. The van der Waals surface area contributed by atoms with E-state index in [9.17, 15) is 0 Å². The number of hydrogen-bond acceptors (Lipinski definition) is 2. The van der Waals surface area contributed by atoms with Crippen molar-refractivity contribution in [2.24, 2.45) is 0 Å². The minimum Gasteiger partial charge on any atom is -0.333 e. The van der Waals surface area contributed by atoms with Crippen molar-refractivity contribution >= 4 is 63.9 Å². The molecule has 1 aliphatic heterocycles. The van der Waals surface area contributed by atoms with Crippen LogP contribution in [0.15, 0.2) is 65.2 Å². The molecule has 1 aliphatic carbocycles. The highest BCUT2D eigenvalue weighted by Crippen LogP contribution is 2.49. The lowest BCUT2D eigenvalue weighted by Crippen LogP contribution is -2.20. The quantitative estimate of drug-likeness (QED) is 0.347. The average molecular weight is 507 g/mol. The van der Waals surface area contributed by atoms with Crippen LogP contribution in [-0.2, 0) is 0 Å². The molecule has 3 aromatic carbocycles. The number of rotatable bonds is 3. The number of nitrogens with zero attached hydrogens (tertiary/aromatic N) is 1. The Morgan fingerprint density at radius 2 is 1.19 bits per heavy atom. The summed E-state index contributed by atoms with van der Waals surface area (Å²) in [6.07, 6.45) is 4.75. The van der Waals surface area contributed by atoms with Crippen molar-refractivity contribution < 1.29 is 0 Å². The summed E-state index contributed by atoms with van der Waals surface area (Å²) in [5.74, 6) is 0.900. The fourth-order valence-electron chi connectivity index (χ4n) is 4.44. The van der Waals surface area contributed by atoms with Crippen LogP contribution < -0.4 is 4.90 Å². The molecular formula is C25H19Cl4NS. The van der Waals surface area contributed by atoms with Gasteiger partial charge < -0.3 is 4.90 Å². The summed E-state index contributed by atoms with van der Waals surface area (Å²) < 4.78 is 0. The van der Waals surface area contributed by atoms with Gasteiger partial charge in [0, 0.05) is 41.8 Å². The van der Waals surface area contributed by atoms with Crippen molar-refractivity contribution in [1.29, 1.82) is 0 Å². The third kappa shape index (κ3) is 4.34. The zero-order chi connectivity index (χ0) is 21.5. The molecule has 3 aromatic rings. The maximum absolute atomic E-state index is 6.37. The van der Waals surface area contributed by atoms with Crippen LogP contribution in [0.25, 0.3) is 22.3 Å². The van der Waals surface area contributed by atoms with E-state index in [2.05, 4.69) is 23.1 Å². The maximum atomic E-state index is 6.37. The summed E-state index contributed by atoms with van der Waals surface area (Å²) in [5.41, 5.74) is 6.77. The summed E-state index contributed by atoms with van der Waals surface area (Å²) in [5, 5.41) is 2.49. The smallest absolute Gasteiger partial charge is 0.0729 e. The van der Waals surface area contributed by atoms with E-state index in [1.807, 2.05) is 36.0 Å². The van der Waals surface area contributed by atoms with Gasteiger partial charge in [-0.15, -0.1) is 11.8 Å². The molecule has 158 valence electrons. The second kappa shape index (κ2) is 8.92. The van der Waals surface area contributed by atoms with E-state index in [-0.39, 0.29) is 0 Å². The Hall–Kier alpha value is -1.29. The summed E-state index contributed by atoms with van der Waals surface area (Å²) in [7, 11) is 0. The largest absolute Gasteiger partial charge is 0.333 e. The van der Waals surface area contributed by atoms with E-state index >= 15 is 0 Å². The Morgan fingerprint density at radius 3 is 1.74 bits per heavy atom. The van der Waals surface area contributed by atoms with Gasteiger partial charge in [0.25, 0.3) is 0 Å². The molecule has 0 saturated carbocycles. The van der Waals surface area contributed by atoms with Gasteiger partial charge in [0.05, 0.1) is 11.6 Å². The van der Waals surface area contributed by atoms with Crippen molar-refractivity contribution in [3.63, 3.8) is 0 Å². The average Bonchev–Trinajstić information content (AvgIpc) is 3.15. The molecule has 0 fully saturated rings. The Labute approximate surface area is 206 Å². The Morgan fingerprint density at radius 1 is 0.677 bits per heavy atom. The van der Waals surface area contributed by atoms with E-state index in [0.717, 1.165) is 40.2 Å². The molecule has 2 aliphatic rings. The molecule has 0 atom stereocenters. The zero-order valence-corrected chi connectivity index (χ0v) is 20.4. The molecular weight excluding hydrogens is 488 g/mol. The molecule has 0 bridgehead atoms. The summed E-state index contributed by atoms with van der Waals surface area (Å²) in [6.45, 7) is 0. The Bertz CT molecular complexity index is 1090. The van der Waals surface area contributed by atoms with Crippen molar-refractivity contribution in [2.75, 3.05) is 10.8 Å². The van der Waals surface area contributed by atoms with Crippen LogP contribution in [0.5, 0.6) is 0 Å². The second-order valence-electron chi connectivity index (χ2n) is 7.80. The highest BCUT2D eigenvalue weighted by Gasteiger charge is 2.30. The molecule has 0 amide bonds. The third-order valence-electron chi connectivity index (χ3n) is 5.74. The van der Waals surface area contributed by atoms with Gasteiger partial charge in [-0.05, 0) is 73.2 Å². The normalized spacial score (nSPS) is 16.1. The lowest BCUT2D eigenvalue weighted by Gasteiger charge is -2.29. The number of halogens is 4. The Balaban J connectivity index is 1.77. The molecule has 31 heavy (non-hydrogen) atoms. The van der Waals surface area contributed by atoms with Crippen LogP contribution in [0, 0.1) is 0 Å². The first-order chi connectivity index (χ1) is 15.0. The first-order valence-corrected chi connectivity index (χ1v) is 12.7. The van der Waals surface area contributed by atoms with Gasteiger partial charge in [-0.2, -0.15) is 0 Å². The number of para-hydroxylation sites is 1. The van der Waals surface area contributed by atoms with Crippen molar-refractivity contribution in [3.8, 4) is 22.3 Å². The van der Waals surface area contributed by atoms with E-state index in [4.69, 9.17) is 46.4 Å². The lowest BCUT2D eigenvalue weighted by atomic mass is 9.94. The van der Waals surface area contributed by atoms with Gasteiger partial charge in [0.1, 0.15) is 0 Å². The van der Waals surface area contributed by atoms with Crippen LogP contribution in [0.1, 0.15) is 25.7 Å². The number of thioether (sulfide) groups is 1. The van der Waals surface area contributed by atoms with Crippen LogP contribution in [0.3, 0.4) is 0 Å². The number of hydrogen-bond donors (Lipinski definition) is 0. The zero-order valence-electron chi connectivity index (χ0n) is 16.6. The first-order valence-electron chi connectivity index (χ1n) is 10.2. The van der Waals surface area contributed by atoms with Gasteiger partial charge in [-0.1, -0.05) is 64.6 Å². The minimum atomic E-state index is 0.623. The monoisotopic (exact) mass is 505 g/mol. The number of allylic oxidation sites excluding steroid dienone is 2. The van der Waals surface area contributed by atoms with E-state index < -0.39 is 0 Å². The lowest BCUT2D eigenvalue weighted by molar-refractivity contribution is 0.684. The predicted molar refractivity (Wildman–Crippen MR) is 138 cm³/mol. The van der Waals surface area contributed by atoms with Crippen LogP contribution >= 0.6 is 58.2 Å². The number of anilines is 1. The van der Waals surface area contributed by atoms with E-state index in [0.29, 0.717) is 20.1 Å². The van der Waals surface area contributed by atoms with E-state index in [1.54, 1.807) is 12.1 Å². The topological polar surface area (TPSA) is 3.24 Å². The van der Waals surface area contributed by atoms with Crippen molar-refractivity contribution in [1.82, 2.24) is 0 Å². The molecule has 0 radical (unpaired) electrons. The summed E-state index contributed by atoms with van der Waals surface area (Å²) in [6, 6.07) is 17.8. The fraction of sp³-hybridized carbons (Fsp3) is 0.200. The SMILES string of the molecule is Clc1cc(Cl)cc(-c2cccc(-c3cc(Cl)cc(Cl)c3)c2N2CSC3=C2CCCC3)c1. The van der Waals surface area contributed by atoms with Gasteiger partial charge >= 0.3 is 0 Å².